The van der Waals surface area contributed by atoms with Gasteiger partial charge in [-0.25, -0.2) is 4.79 Å². The van der Waals surface area contributed by atoms with Crippen LogP contribution < -0.4 is 5.32 Å². The summed E-state index contributed by atoms with van der Waals surface area (Å²) in [7, 11) is 0. The highest BCUT2D eigenvalue weighted by Gasteiger charge is 2.55. The quantitative estimate of drug-likeness (QED) is 0.461. The van der Waals surface area contributed by atoms with Crippen molar-refractivity contribution in [2.75, 3.05) is 13.2 Å². The van der Waals surface area contributed by atoms with Crippen LogP contribution >= 0.6 is 0 Å². The number of carbonyl (C=O) groups excluding carboxylic acids is 4. The Labute approximate surface area is 164 Å². The van der Waals surface area contributed by atoms with Crippen LogP contribution in [0.4, 0.5) is 4.79 Å². The molecular formula is C21H26N2O5. The maximum absolute atomic E-state index is 12.8. The van der Waals surface area contributed by atoms with Crippen LogP contribution in [-0.2, 0) is 20.7 Å². The summed E-state index contributed by atoms with van der Waals surface area (Å²) in [5, 5.41) is 2.79. The summed E-state index contributed by atoms with van der Waals surface area (Å²) in [5.41, 5.74) is 0.653. The number of nitrogens with zero attached hydrogens (tertiary/aromatic N) is 1. The molecule has 1 aromatic rings. The molecule has 2 atom stereocenters. The first-order chi connectivity index (χ1) is 13.4. The first-order valence-corrected chi connectivity index (χ1v) is 9.79. The normalized spacial score (nSPS) is 24.4. The number of hydrogen-bond donors (Lipinski definition) is 1. The third-order valence-corrected chi connectivity index (χ3v) is 5.84. The van der Waals surface area contributed by atoms with E-state index >= 15 is 0 Å². The molecule has 0 bridgehead atoms. The van der Waals surface area contributed by atoms with Gasteiger partial charge in [0.05, 0.1) is 0 Å². The highest BCUT2D eigenvalue weighted by atomic mass is 16.5. The predicted molar refractivity (Wildman–Crippen MR) is 102 cm³/mol. The van der Waals surface area contributed by atoms with Gasteiger partial charge in [-0.05, 0) is 30.7 Å². The van der Waals surface area contributed by atoms with Crippen molar-refractivity contribution in [3.05, 3.63) is 35.4 Å². The van der Waals surface area contributed by atoms with Crippen molar-refractivity contribution in [2.24, 2.45) is 5.92 Å². The number of imide groups is 1. The number of Topliss-reactive ketones (excluding diaryl/α,β-unsaturated/α-hetero) is 1. The van der Waals surface area contributed by atoms with Crippen LogP contribution in [0, 0.1) is 5.92 Å². The van der Waals surface area contributed by atoms with E-state index < -0.39 is 30.7 Å². The molecule has 2 fully saturated rings. The largest absolute Gasteiger partial charge is 0.456 e. The molecule has 1 saturated heterocycles. The van der Waals surface area contributed by atoms with Crippen molar-refractivity contribution in [3.8, 4) is 0 Å². The van der Waals surface area contributed by atoms with E-state index in [4.69, 9.17) is 4.74 Å². The second-order valence-corrected chi connectivity index (χ2v) is 7.57. The van der Waals surface area contributed by atoms with Crippen LogP contribution in [-0.4, -0.2) is 47.3 Å². The number of nitrogens with one attached hydrogen (secondary N) is 1. The van der Waals surface area contributed by atoms with E-state index in [1.165, 1.54) is 0 Å². The van der Waals surface area contributed by atoms with Crippen molar-refractivity contribution < 1.29 is 23.9 Å². The van der Waals surface area contributed by atoms with E-state index in [9.17, 15) is 19.2 Å². The van der Waals surface area contributed by atoms with E-state index in [1.807, 2.05) is 26.0 Å². The summed E-state index contributed by atoms with van der Waals surface area (Å²) >= 11 is 0. The van der Waals surface area contributed by atoms with E-state index in [0.29, 0.717) is 12.0 Å². The molecule has 1 heterocycles. The van der Waals surface area contributed by atoms with E-state index in [2.05, 4.69) is 5.32 Å². The molecular weight excluding hydrogens is 360 g/mol. The minimum absolute atomic E-state index is 0.0198. The molecule has 0 radical (unpaired) electrons. The molecule has 1 saturated carbocycles. The third-order valence-electron chi connectivity index (χ3n) is 5.84. The molecule has 1 aliphatic heterocycles. The van der Waals surface area contributed by atoms with Crippen LogP contribution in [0.3, 0.4) is 0 Å². The summed E-state index contributed by atoms with van der Waals surface area (Å²) < 4.78 is 5.01. The Morgan fingerprint density at radius 1 is 1.21 bits per heavy atom. The summed E-state index contributed by atoms with van der Waals surface area (Å²) in [6.07, 6.45) is 4.19. The number of ketones is 1. The number of hydrogen-bond acceptors (Lipinski definition) is 5. The molecule has 3 rings (SSSR count). The molecule has 1 spiro atoms. The van der Waals surface area contributed by atoms with Crippen LogP contribution in [0.2, 0.25) is 0 Å². The molecule has 1 aliphatic carbocycles. The SMILES string of the molecule is CCc1ccc(C(=O)COC(=O)CN2C(=O)N[C@]3(CCCC[C@@H]3C)C2=O)cc1. The van der Waals surface area contributed by atoms with Gasteiger partial charge in [0, 0.05) is 5.56 Å². The molecule has 28 heavy (non-hydrogen) atoms. The van der Waals surface area contributed by atoms with Gasteiger partial charge in [-0.3, -0.25) is 19.3 Å². The number of ether oxygens (including phenoxy) is 1. The fourth-order valence-electron chi connectivity index (χ4n) is 3.97. The number of urea groups is 1. The summed E-state index contributed by atoms with van der Waals surface area (Å²) in [4.78, 5) is 50.3. The Bertz CT molecular complexity index is 788. The Morgan fingerprint density at radius 3 is 2.57 bits per heavy atom. The van der Waals surface area contributed by atoms with Crippen LogP contribution in [0.15, 0.2) is 24.3 Å². The lowest BCUT2D eigenvalue weighted by Gasteiger charge is -2.36. The monoisotopic (exact) mass is 386 g/mol. The van der Waals surface area contributed by atoms with Gasteiger partial charge in [0.2, 0.25) is 0 Å². The minimum Gasteiger partial charge on any atom is -0.456 e. The van der Waals surface area contributed by atoms with Gasteiger partial charge in [0.15, 0.2) is 12.4 Å². The van der Waals surface area contributed by atoms with Gasteiger partial charge in [0.1, 0.15) is 12.1 Å². The lowest BCUT2D eigenvalue weighted by molar-refractivity contribution is -0.147. The average molecular weight is 386 g/mol. The number of benzene rings is 1. The summed E-state index contributed by atoms with van der Waals surface area (Å²) in [5.74, 6) is -1.46. The smallest absolute Gasteiger partial charge is 0.326 e. The third kappa shape index (κ3) is 3.79. The Hall–Kier alpha value is -2.70. The molecule has 1 N–H and O–H groups in total. The van der Waals surface area contributed by atoms with Crippen molar-refractivity contribution in [1.29, 1.82) is 0 Å². The highest BCUT2D eigenvalue weighted by molar-refractivity contribution is 6.09. The Kier molecular flexibility index (Phi) is 5.82. The molecule has 3 amide bonds. The topological polar surface area (TPSA) is 92.8 Å². The van der Waals surface area contributed by atoms with Gasteiger partial charge < -0.3 is 10.1 Å². The molecule has 1 aromatic carbocycles. The zero-order valence-electron chi connectivity index (χ0n) is 16.3. The van der Waals surface area contributed by atoms with Gasteiger partial charge in [-0.2, -0.15) is 0 Å². The molecule has 0 unspecified atom stereocenters. The molecule has 0 aromatic heterocycles. The lowest BCUT2D eigenvalue weighted by Crippen LogP contribution is -2.54. The van der Waals surface area contributed by atoms with Gasteiger partial charge in [-0.15, -0.1) is 0 Å². The molecule has 7 heteroatoms. The molecule has 150 valence electrons. The second-order valence-electron chi connectivity index (χ2n) is 7.57. The van der Waals surface area contributed by atoms with E-state index in [0.717, 1.165) is 36.1 Å². The predicted octanol–water partition coefficient (Wildman–Crippen LogP) is 2.48. The van der Waals surface area contributed by atoms with E-state index in [-0.39, 0.29) is 17.6 Å². The maximum atomic E-state index is 12.8. The lowest BCUT2D eigenvalue weighted by atomic mass is 9.73. The summed E-state index contributed by atoms with van der Waals surface area (Å²) in [6.45, 7) is 3.06. The molecule has 2 aliphatic rings. The Balaban J connectivity index is 1.56. The van der Waals surface area contributed by atoms with Gasteiger partial charge in [0.25, 0.3) is 5.91 Å². The second kappa shape index (κ2) is 8.12. The average Bonchev–Trinajstić information content (AvgIpc) is 2.93. The number of aryl methyl sites for hydroxylation is 1. The number of rotatable bonds is 6. The fraction of sp³-hybridized carbons (Fsp3) is 0.524. The van der Waals surface area contributed by atoms with E-state index in [1.54, 1.807) is 12.1 Å². The Morgan fingerprint density at radius 2 is 1.93 bits per heavy atom. The number of amides is 3. The first kappa shape index (κ1) is 20.0. The van der Waals surface area contributed by atoms with Crippen LogP contribution in [0.25, 0.3) is 0 Å². The summed E-state index contributed by atoms with van der Waals surface area (Å²) in [6, 6.07) is 6.53. The van der Waals surface area contributed by atoms with Crippen molar-refractivity contribution in [2.45, 2.75) is 51.5 Å². The van der Waals surface area contributed by atoms with Crippen molar-refractivity contribution >= 4 is 23.7 Å². The van der Waals surface area contributed by atoms with Gasteiger partial charge >= 0.3 is 12.0 Å². The number of esters is 1. The minimum atomic E-state index is -0.910. The fourth-order valence-corrected chi connectivity index (χ4v) is 3.97. The van der Waals surface area contributed by atoms with Crippen LogP contribution in [0.5, 0.6) is 0 Å². The van der Waals surface area contributed by atoms with Crippen LogP contribution in [0.1, 0.15) is 55.5 Å². The standard InChI is InChI=1S/C21H26N2O5/c1-3-15-7-9-16(10-8-15)17(24)13-28-18(25)12-23-19(26)21(22-20(23)27)11-5-4-6-14(21)2/h7-10,14H,3-6,11-13H2,1-2H3,(H,22,27)/t14-,21-/m0/s1. The zero-order chi connectivity index (χ0) is 20.3. The highest BCUT2D eigenvalue weighted by Crippen LogP contribution is 2.38. The maximum Gasteiger partial charge on any atom is 0.326 e. The first-order valence-electron chi connectivity index (χ1n) is 9.79. The zero-order valence-corrected chi connectivity index (χ0v) is 16.3. The number of carbonyl (C=O) groups is 4. The van der Waals surface area contributed by atoms with Crippen molar-refractivity contribution in [1.82, 2.24) is 10.2 Å². The van der Waals surface area contributed by atoms with Gasteiger partial charge in [-0.1, -0.05) is 51.0 Å². The molecule has 7 nitrogen and oxygen atoms in total. The van der Waals surface area contributed by atoms with Crippen molar-refractivity contribution in [3.63, 3.8) is 0 Å².